The number of likely N-dealkylation sites (N-methyl/N-ethyl adjacent to an activating group) is 1. The first-order valence-electron chi connectivity index (χ1n) is 7.76. The van der Waals surface area contributed by atoms with E-state index < -0.39 is 22.5 Å². The topological polar surface area (TPSA) is 151 Å². The van der Waals surface area contributed by atoms with Gasteiger partial charge in [-0.2, -0.15) is 9.42 Å². The molecule has 0 fully saturated rings. The number of rotatable bonds is 6. The summed E-state index contributed by atoms with van der Waals surface area (Å²) in [4.78, 5) is 23.5. The van der Waals surface area contributed by atoms with E-state index in [4.69, 9.17) is 11.3 Å². The van der Waals surface area contributed by atoms with Crippen LogP contribution < -0.4 is 16.6 Å². The number of aromatic nitrogens is 1. The minimum absolute atomic E-state index is 0.0338. The normalized spacial score (nSPS) is 11.4. The summed E-state index contributed by atoms with van der Waals surface area (Å²) in [6.45, 7) is 1.16. The summed E-state index contributed by atoms with van der Waals surface area (Å²) >= 11 is 0. The molecule has 1 amide bonds. The Morgan fingerprint density at radius 1 is 1.37 bits per heavy atom. The van der Waals surface area contributed by atoms with Crippen molar-refractivity contribution in [2.24, 2.45) is 12.2 Å². The average molecular weight is 392 g/mol. The Hall–Kier alpha value is -3.05. The van der Waals surface area contributed by atoms with E-state index in [0.717, 1.165) is 4.31 Å². The second kappa shape index (κ2) is 7.68. The lowest BCUT2D eigenvalue weighted by Crippen LogP contribution is -2.35. The molecule has 27 heavy (non-hydrogen) atoms. The number of nitrogens with zero attached hydrogens (tertiary/aromatic N) is 3. The second-order valence-corrected chi connectivity index (χ2v) is 7.99. The van der Waals surface area contributed by atoms with Gasteiger partial charge in [-0.3, -0.25) is 9.59 Å². The van der Waals surface area contributed by atoms with Crippen LogP contribution in [0.5, 0.6) is 0 Å². The summed E-state index contributed by atoms with van der Waals surface area (Å²) in [5, 5.41) is 5.70. The van der Waals surface area contributed by atoms with Crippen molar-refractivity contribution >= 4 is 33.0 Å². The Labute approximate surface area is 156 Å². The number of sulfonamides is 1. The number of aryl methyl sites for hydroxylation is 2. The van der Waals surface area contributed by atoms with Gasteiger partial charge in [0, 0.05) is 32.0 Å². The van der Waals surface area contributed by atoms with Crippen molar-refractivity contribution in [2.45, 2.75) is 11.8 Å². The summed E-state index contributed by atoms with van der Waals surface area (Å²) in [7, 11) is -1.29. The molecule has 0 aliphatic heterocycles. The number of pyridine rings is 1. The van der Waals surface area contributed by atoms with Crippen molar-refractivity contribution in [3.63, 3.8) is 0 Å². The highest BCUT2D eigenvalue weighted by Gasteiger charge is 2.27. The lowest BCUT2D eigenvalue weighted by molar-refractivity contribution is -0.116. The van der Waals surface area contributed by atoms with Crippen LogP contribution in [-0.4, -0.2) is 36.8 Å². The first kappa shape index (κ1) is 20.3. The Kier molecular flexibility index (Phi) is 5.76. The van der Waals surface area contributed by atoms with E-state index in [0.29, 0.717) is 5.56 Å². The van der Waals surface area contributed by atoms with Crippen LogP contribution in [0.25, 0.3) is 0 Å². The van der Waals surface area contributed by atoms with Gasteiger partial charge >= 0.3 is 0 Å². The SMILES string of the molecule is Cc1cc(N=N)c(N)c(S(=O)(=O)N(C)CC(=O)Nc2ccn(C)c(=O)c2)c1. The fourth-order valence-corrected chi connectivity index (χ4v) is 3.67. The van der Waals surface area contributed by atoms with E-state index in [1.807, 2.05) is 0 Å². The molecule has 1 heterocycles. The molecule has 0 saturated heterocycles. The zero-order chi connectivity index (χ0) is 20.4. The lowest BCUT2D eigenvalue weighted by Gasteiger charge is -2.19. The van der Waals surface area contributed by atoms with Crippen LogP contribution in [0.4, 0.5) is 17.1 Å². The molecule has 0 spiro atoms. The molecule has 10 nitrogen and oxygen atoms in total. The maximum Gasteiger partial charge on any atom is 0.252 e. The molecule has 0 aliphatic rings. The third kappa shape index (κ3) is 4.38. The minimum atomic E-state index is -4.09. The maximum atomic E-state index is 12.8. The van der Waals surface area contributed by atoms with Gasteiger partial charge in [0.05, 0.1) is 12.2 Å². The van der Waals surface area contributed by atoms with Crippen molar-refractivity contribution in [1.82, 2.24) is 8.87 Å². The van der Waals surface area contributed by atoms with Gasteiger partial charge in [-0.15, -0.1) is 0 Å². The van der Waals surface area contributed by atoms with Gasteiger partial charge in [-0.25, -0.2) is 13.9 Å². The summed E-state index contributed by atoms with van der Waals surface area (Å²) in [5.74, 6) is -0.619. The maximum absolute atomic E-state index is 12.8. The number of carbonyl (C=O) groups excluding carboxylic acids is 1. The van der Waals surface area contributed by atoms with E-state index in [2.05, 4.69) is 10.4 Å². The number of hydrogen-bond donors (Lipinski definition) is 3. The van der Waals surface area contributed by atoms with Gasteiger partial charge in [-0.05, 0) is 30.7 Å². The Bertz CT molecular complexity index is 1060. The van der Waals surface area contributed by atoms with E-state index in [1.165, 1.54) is 42.1 Å². The van der Waals surface area contributed by atoms with Gasteiger partial charge in [-0.1, -0.05) is 0 Å². The molecule has 0 radical (unpaired) electrons. The molecule has 144 valence electrons. The molecule has 0 bridgehead atoms. The molecule has 1 aromatic heterocycles. The standard InChI is InChI=1S/C16H20N6O4S/c1-10-6-12(20-18)16(17)13(7-10)27(25,26)22(3)9-14(23)19-11-4-5-21(2)15(24)8-11/h4-8,18H,9,17H2,1-3H3,(H,19,23). The highest BCUT2D eigenvalue weighted by Crippen LogP contribution is 2.32. The summed E-state index contributed by atoms with van der Waals surface area (Å²) in [6, 6.07) is 5.60. The van der Waals surface area contributed by atoms with Crippen molar-refractivity contribution in [3.8, 4) is 0 Å². The van der Waals surface area contributed by atoms with E-state index in [9.17, 15) is 18.0 Å². The quantitative estimate of drug-likeness (QED) is 0.498. The van der Waals surface area contributed by atoms with Crippen LogP contribution in [0, 0.1) is 12.5 Å². The van der Waals surface area contributed by atoms with Crippen molar-refractivity contribution in [1.29, 1.82) is 5.53 Å². The Balaban J connectivity index is 2.23. The summed E-state index contributed by atoms with van der Waals surface area (Å²) in [6.07, 6.45) is 1.48. The van der Waals surface area contributed by atoms with Crippen LogP contribution in [0.2, 0.25) is 0 Å². The fraction of sp³-hybridized carbons (Fsp3) is 0.250. The zero-order valence-electron chi connectivity index (χ0n) is 15.1. The molecule has 11 heteroatoms. The second-order valence-electron chi connectivity index (χ2n) is 5.98. The third-order valence-electron chi connectivity index (χ3n) is 3.83. The fourth-order valence-electron chi connectivity index (χ4n) is 2.33. The number of hydrogen-bond acceptors (Lipinski definition) is 7. The molecule has 0 saturated carbocycles. The lowest BCUT2D eigenvalue weighted by atomic mass is 10.2. The molecule has 2 rings (SSSR count). The van der Waals surface area contributed by atoms with E-state index in [-0.39, 0.29) is 27.5 Å². The number of anilines is 2. The average Bonchev–Trinajstić information content (AvgIpc) is 2.59. The number of carbonyl (C=O) groups is 1. The van der Waals surface area contributed by atoms with Gasteiger partial charge in [0.25, 0.3) is 5.56 Å². The predicted octanol–water partition coefficient (Wildman–Crippen LogP) is 1.20. The van der Waals surface area contributed by atoms with Crippen LogP contribution in [-0.2, 0) is 21.9 Å². The van der Waals surface area contributed by atoms with Gasteiger partial charge in [0.2, 0.25) is 15.9 Å². The molecular weight excluding hydrogens is 372 g/mol. The molecule has 0 aliphatic carbocycles. The molecule has 0 unspecified atom stereocenters. The highest BCUT2D eigenvalue weighted by atomic mass is 32.2. The van der Waals surface area contributed by atoms with Crippen LogP contribution in [0.3, 0.4) is 0 Å². The highest BCUT2D eigenvalue weighted by molar-refractivity contribution is 7.89. The monoisotopic (exact) mass is 392 g/mol. The predicted molar refractivity (Wildman–Crippen MR) is 101 cm³/mol. The zero-order valence-corrected chi connectivity index (χ0v) is 15.9. The molecule has 4 N–H and O–H groups in total. The van der Waals surface area contributed by atoms with Gasteiger partial charge in [0.1, 0.15) is 10.6 Å². The largest absolute Gasteiger partial charge is 0.396 e. The number of nitrogens with one attached hydrogen (secondary N) is 2. The van der Waals surface area contributed by atoms with Crippen molar-refractivity contribution in [2.75, 3.05) is 24.6 Å². The van der Waals surface area contributed by atoms with Crippen LogP contribution in [0.1, 0.15) is 5.56 Å². The Morgan fingerprint density at radius 2 is 2.04 bits per heavy atom. The van der Waals surface area contributed by atoms with Crippen molar-refractivity contribution < 1.29 is 13.2 Å². The van der Waals surface area contributed by atoms with Crippen molar-refractivity contribution in [3.05, 3.63) is 46.4 Å². The number of nitrogens with two attached hydrogens (primary N) is 1. The molecule has 0 atom stereocenters. The summed E-state index contributed by atoms with van der Waals surface area (Å²) < 4.78 is 27.7. The summed E-state index contributed by atoms with van der Waals surface area (Å²) in [5.41, 5.74) is 13.3. The first-order valence-corrected chi connectivity index (χ1v) is 9.20. The third-order valence-corrected chi connectivity index (χ3v) is 5.67. The van der Waals surface area contributed by atoms with Gasteiger partial charge < -0.3 is 15.6 Å². The smallest absolute Gasteiger partial charge is 0.252 e. The number of nitrogen functional groups attached to an aromatic ring is 1. The van der Waals surface area contributed by atoms with E-state index >= 15 is 0 Å². The first-order chi connectivity index (χ1) is 12.6. The number of benzene rings is 1. The Morgan fingerprint density at radius 3 is 2.63 bits per heavy atom. The minimum Gasteiger partial charge on any atom is -0.396 e. The van der Waals surface area contributed by atoms with Crippen LogP contribution in [0.15, 0.2) is 45.3 Å². The number of amides is 1. The molecule has 2 aromatic rings. The molecule has 1 aromatic carbocycles. The van der Waals surface area contributed by atoms with Gasteiger partial charge in [0.15, 0.2) is 0 Å². The van der Waals surface area contributed by atoms with Crippen LogP contribution >= 0.6 is 0 Å². The van der Waals surface area contributed by atoms with E-state index in [1.54, 1.807) is 14.0 Å². The molecular formula is C16H20N6O4S.